The van der Waals surface area contributed by atoms with Gasteiger partial charge in [0.05, 0.1) is 46.8 Å². The number of halogens is 2. The molecule has 2 aliphatic heterocycles. The summed E-state index contributed by atoms with van der Waals surface area (Å²) in [7, 11) is 0. The molecular weight excluding hydrogens is 415 g/mol. The number of aliphatic hydroxyl groups is 1. The Kier molecular flexibility index (Phi) is 5.61. The molecule has 2 atom stereocenters. The number of nitrogens with two attached hydrogens (primary N) is 1. The van der Waals surface area contributed by atoms with Crippen molar-refractivity contribution in [2.45, 2.75) is 38.5 Å². The van der Waals surface area contributed by atoms with Gasteiger partial charge in [0.1, 0.15) is 11.4 Å². The number of hydrogen-bond acceptors (Lipinski definition) is 7. The molecule has 2 saturated heterocycles. The van der Waals surface area contributed by atoms with Crippen LogP contribution in [-0.4, -0.2) is 52.0 Å². The molecule has 7 nitrogen and oxygen atoms in total. The predicted molar refractivity (Wildman–Crippen MR) is 112 cm³/mol. The normalized spacial score (nSPS) is 23.7. The van der Waals surface area contributed by atoms with Gasteiger partial charge in [-0.15, -0.1) is 0 Å². The fourth-order valence-electron chi connectivity index (χ4n) is 4.33. The lowest BCUT2D eigenvalue weighted by atomic mass is 9.73. The van der Waals surface area contributed by atoms with Crippen LogP contribution >= 0.6 is 23.2 Å². The second-order valence-corrected chi connectivity index (χ2v) is 8.62. The van der Waals surface area contributed by atoms with Crippen LogP contribution in [0.15, 0.2) is 18.3 Å². The van der Waals surface area contributed by atoms with Crippen LogP contribution in [0.5, 0.6) is 5.75 Å². The van der Waals surface area contributed by atoms with Crippen molar-refractivity contribution in [1.29, 1.82) is 0 Å². The number of aliphatic hydroxyl groups excluding tert-OH is 1. The standard InChI is InChI=1S/C20H24Cl2N4O3/c1-11-18(23)20(10-29-11)4-6-26(7-5-20)19-14(9-27)25-13(8-24-19)16-15(28)3-2-12(21)17(16)22/h2-3,8,11,18,27-28H,4-7,9-10,23H2,1H3/t11-,18+/m0/s1. The quantitative estimate of drug-likeness (QED) is 0.676. The molecule has 9 heteroatoms. The summed E-state index contributed by atoms with van der Waals surface area (Å²) in [5.74, 6) is 0.582. The zero-order valence-corrected chi connectivity index (χ0v) is 17.6. The molecule has 0 aliphatic carbocycles. The summed E-state index contributed by atoms with van der Waals surface area (Å²) < 4.78 is 5.78. The molecule has 29 heavy (non-hydrogen) atoms. The maximum absolute atomic E-state index is 10.2. The van der Waals surface area contributed by atoms with Gasteiger partial charge in [-0.2, -0.15) is 0 Å². The summed E-state index contributed by atoms with van der Waals surface area (Å²) in [5.41, 5.74) is 7.48. The van der Waals surface area contributed by atoms with Crippen molar-refractivity contribution in [3.05, 3.63) is 34.1 Å². The molecule has 3 heterocycles. The fourth-order valence-corrected chi connectivity index (χ4v) is 4.75. The molecule has 0 radical (unpaired) electrons. The Hall–Kier alpha value is -1.64. The van der Waals surface area contributed by atoms with E-state index in [2.05, 4.69) is 14.9 Å². The van der Waals surface area contributed by atoms with Crippen molar-refractivity contribution in [2.24, 2.45) is 11.1 Å². The molecule has 0 saturated carbocycles. The SMILES string of the molecule is C[C@@H]1OCC2(CCN(c3ncc(-c4c(O)ccc(Cl)c4Cl)nc3CO)CC2)[C@@H]1N. The number of ether oxygens (including phenoxy) is 1. The van der Waals surface area contributed by atoms with E-state index in [4.69, 9.17) is 33.7 Å². The first kappa shape index (κ1) is 20.6. The lowest BCUT2D eigenvalue weighted by molar-refractivity contribution is 0.0973. The van der Waals surface area contributed by atoms with Crippen LogP contribution in [0, 0.1) is 5.41 Å². The molecule has 4 rings (SSSR count). The van der Waals surface area contributed by atoms with Crippen molar-refractivity contribution in [1.82, 2.24) is 9.97 Å². The molecule has 0 unspecified atom stereocenters. The minimum absolute atomic E-state index is 0.00274. The average molecular weight is 439 g/mol. The van der Waals surface area contributed by atoms with E-state index in [0.29, 0.717) is 34.4 Å². The van der Waals surface area contributed by atoms with E-state index in [1.165, 1.54) is 12.1 Å². The Morgan fingerprint density at radius 1 is 1.31 bits per heavy atom. The van der Waals surface area contributed by atoms with Crippen molar-refractivity contribution in [3.63, 3.8) is 0 Å². The topological polar surface area (TPSA) is 105 Å². The highest BCUT2D eigenvalue weighted by molar-refractivity contribution is 6.44. The minimum atomic E-state index is -0.281. The van der Waals surface area contributed by atoms with Crippen molar-refractivity contribution in [2.75, 3.05) is 24.6 Å². The number of phenols is 1. The van der Waals surface area contributed by atoms with Crippen LogP contribution in [0.3, 0.4) is 0 Å². The molecule has 0 amide bonds. The summed E-state index contributed by atoms with van der Waals surface area (Å²) in [6, 6.07) is 3.00. The molecule has 2 fully saturated rings. The molecular formula is C20H24Cl2N4O3. The van der Waals surface area contributed by atoms with E-state index in [-0.39, 0.29) is 34.9 Å². The summed E-state index contributed by atoms with van der Waals surface area (Å²) in [5, 5.41) is 20.6. The lowest BCUT2D eigenvalue weighted by Gasteiger charge is -2.41. The number of aromatic hydroxyl groups is 1. The predicted octanol–water partition coefficient (Wildman–Crippen LogP) is 2.98. The third kappa shape index (κ3) is 3.55. The number of rotatable bonds is 3. The zero-order valence-electron chi connectivity index (χ0n) is 16.1. The number of benzene rings is 1. The Balaban J connectivity index is 1.60. The van der Waals surface area contributed by atoms with Crippen molar-refractivity contribution >= 4 is 29.0 Å². The molecule has 4 N–H and O–H groups in total. The van der Waals surface area contributed by atoms with Crippen LogP contribution in [0.1, 0.15) is 25.5 Å². The van der Waals surface area contributed by atoms with Gasteiger partial charge in [0.15, 0.2) is 5.82 Å². The number of phenolic OH excluding ortho intramolecular Hbond substituents is 1. The molecule has 2 aromatic rings. The number of nitrogens with zero attached hydrogens (tertiary/aromatic N) is 3. The first-order valence-electron chi connectivity index (χ1n) is 9.62. The van der Waals surface area contributed by atoms with Crippen LogP contribution in [0.25, 0.3) is 11.3 Å². The second kappa shape index (κ2) is 7.89. The maximum atomic E-state index is 10.2. The van der Waals surface area contributed by atoms with Gasteiger partial charge in [-0.05, 0) is 31.9 Å². The van der Waals surface area contributed by atoms with Gasteiger partial charge in [-0.3, -0.25) is 0 Å². The monoisotopic (exact) mass is 438 g/mol. The van der Waals surface area contributed by atoms with Crippen LogP contribution < -0.4 is 10.6 Å². The molecule has 156 valence electrons. The van der Waals surface area contributed by atoms with E-state index in [0.717, 1.165) is 25.9 Å². The Morgan fingerprint density at radius 2 is 2.03 bits per heavy atom. The van der Waals surface area contributed by atoms with Gasteiger partial charge in [-0.25, -0.2) is 9.97 Å². The van der Waals surface area contributed by atoms with E-state index in [9.17, 15) is 10.2 Å². The zero-order chi connectivity index (χ0) is 20.8. The summed E-state index contributed by atoms with van der Waals surface area (Å²) >= 11 is 12.3. The highest BCUT2D eigenvalue weighted by Crippen LogP contribution is 2.43. The number of aromatic nitrogens is 2. The number of hydrogen-bond donors (Lipinski definition) is 3. The Morgan fingerprint density at radius 3 is 2.66 bits per heavy atom. The number of piperidine rings is 1. The second-order valence-electron chi connectivity index (χ2n) is 7.83. The Labute approximate surface area is 179 Å². The smallest absolute Gasteiger partial charge is 0.152 e. The molecule has 0 bridgehead atoms. The van der Waals surface area contributed by atoms with Gasteiger partial charge in [0, 0.05) is 24.5 Å². The van der Waals surface area contributed by atoms with Crippen molar-refractivity contribution in [3.8, 4) is 17.0 Å². The van der Waals surface area contributed by atoms with Gasteiger partial charge < -0.3 is 25.6 Å². The first-order valence-corrected chi connectivity index (χ1v) is 10.4. The van der Waals surface area contributed by atoms with Crippen LogP contribution in [0.2, 0.25) is 10.0 Å². The number of anilines is 1. The molecule has 1 spiro atoms. The van der Waals surface area contributed by atoms with E-state index < -0.39 is 0 Å². The van der Waals surface area contributed by atoms with Crippen molar-refractivity contribution < 1.29 is 14.9 Å². The van der Waals surface area contributed by atoms with Gasteiger partial charge in [-0.1, -0.05) is 23.2 Å². The van der Waals surface area contributed by atoms with Gasteiger partial charge in [0.2, 0.25) is 0 Å². The van der Waals surface area contributed by atoms with E-state index in [1.807, 2.05) is 6.92 Å². The minimum Gasteiger partial charge on any atom is -0.507 e. The average Bonchev–Trinajstić information content (AvgIpc) is 3.00. The largest absolute Gasteiger partial charge is 0.507 e. The summed E-state index contributed by atoms with van der Waals surface area (Å²) in [4.78, 5) is 11.2. The maximum Gasteiger partial charge on any atom is 0.152 e. The summed E-state index contributed by atoms with van der Waals surface area (Å²) in [6.45, 7) is 3.95. The highest BCUT2D eigenvalue weighted by atomic mass is 35.5. The van der Waals surface area contributed by atoms with Gasteiger partial charge in [0.25, 0.3) is 0 Å². The Bertz CT molecular complexity index is 919. The highest BCUT2D eigenvalue weighted by Gasteiger charge is 2.47. The molecule has 1 aromatic heterocycles. The van der Waals surface area contributed by atoms with Gasteiger partial charge >= 0.3 is 0 Å². The van der Waals surface area contributed by atoms with E-state index in [1.54, 1.807) is 6.20 Å². The first-order chi connectivity index (χ1) is 13.9. The fraction of sp³-hybridized carbons (Fsp3) is 0.500. The molecule has 1 aromatic carbocycles. The van der Waals surface area contributed by atoms with Crippen LogP contribution in [-0.2, 0) is 11.3 Å². The lowest BCUT2D eigenvalue weighted by Crippen LogP contribution is -2.51. The van der Waals surface area contributed by atoms with E-state index >= 15 is 0 Å². The third-order valence-electron chi connectivity index (χ3n) is 6.21. The molecule has 2 aliphatic rings. The third-order valence-corrected chi connectivity index (χ3v) is 7.01. The van der Waals surface area contributed by atoms with Crippen LogP contribution in [0.4, 0.5) is 5.82 Å². The summed E-state index contributed by atoms with van der Waals surface area (Å²) in [6.07, 6.45) is 3.41.